The summed E-state index contributed by atoms with van der Waals surface area (Å²) in [6.45, 7) is 0.650. The number of rotatable bonds is 1. The molecule has 14 heavy (non-hydrogen) atoms. The average Bonchev–Trinajstić information content (AvgIpc) is 2.52. The standard InChI is InChI=1S/C8H10BrN3O2/c9-5-2-4-14-7(5)12-3-1-6(10)11-8(12)13/h1,3,5,7H,2,4H2,(H2,10,11,13). The first kappa shape index (κ1) is 9.67. The first-order chi connectivity index (χ1) is 6.68. The molecule has 2 N–H and O–H groups in total. The normalized spacial score (nSPS) is 26.6. The van der Waals surface area contributed by atoms with Crippen LogP contribution in [0.15, 0.2) is 17.1 Å². The van der Waals surface area contributed by atoms with E-state index in [0.717, 1.165) is 6.42 Å². The molecule has 0 aliphatic carbocycles. The van der Waals surface area contributed by atoms with Crippen molar-refractivity contribution in [2.45, 2.75) is 17.5 Å². The van der Waals surface area contributed by atoms with E-state index < -0.39 is 0 Å². The van der Waals surface area contributed by atoms with Gasteiger partial charge in [0.25, 0.3) is 0 Å². The number of hydrogen-bond acceptors (Lipinski definition) is 4. The minimum atomic E-state index is -0.374. The Hall–Kier alpha value is -0.880. The predicted molar refractivity (Wildman–Crippen MR) is 55.2 cm³/mol. The Labute approximate surface area is 89.0 Å². The highest BCUT2D eigenvalue weighted by Gasteiger charge is 2.28. The molecule has 1 aromatic heterocycles. The molecule has 0 spiro atoms. The number of nitrogens with zero attached hydrogens (tertiary/aromatic N) is 2. The highest BCUT2D eigenvalue weighted by atomic mass is 79.9. The Morgan fingerprint density at radius 1 is 1.71 bits per heavy atom. The molecule has 0 bridgehead atoms. The van der Waals surface area contributed by atoms with Crippen LogP contribution in [0.1, 0.15) is 12.6 Å². The minimum Gasteiger partial charge on any atom is -0.383 e. The molecule has 1 saturated heterocycles. The highest BCUT2D eigenvalue weighted by Crippen LogP contribution is 2.28. The van der Waals surface area contributed by atoms with Crippen molar-refractivity contribution in [2.75, 3.05) is 12.3 Å². The largest absolute Gasteiger partial charge is 0.383 e. The Kier molecular flexibility index (Phi) is 2.56. The van der Waals surface area contributed by atoms with Crippen molar-refractivity contribution in [3.63, 3.8) is 0 Å². The van der Waals surface area contributed by atoms with E-state index in [1.807, 2.05) is 0 Å². The fraction of sp³-hybridized carbons (Fsp3) is 0.500. The molecule has 1 aliphatic heterocycles. The van der Waals surface area contributed by atoms with Crippen LogP contribution < -0.4 is 11.4 Å². The number of anilines is 1. The molecule has 5 nitrogen and oxygen atoms in total. The van der Waals surface area contributed by atoms with E-state index in [2.05, 4.69) is 20.9 Å². The summed E-state index contributed by atoms with van der Waals surface area (Å²) in [5.41, 5.74) is 5.01. The van der Waals surface area contributed by atoms with Gasteiger partial charge in [-0.1, -0.05) is 15.9 Å². The quantitative estimate of drug-likeness (QED) is 0.747. The Balaban J connectivity index is 2.36. The summed E-state index contributed by atoms with van der Waals surface area (Å²) in [4.78, 5) is 15.2. The van der Waals surface area contributed by atoms with Gasteiger partial charge >= 0.3 is 5.69 Å². The Bertz CT molecular complexity index is 392. The van der Waals surface area contributed by atoms with E-state index in [1.54, 1.807) is 12.3 Å². The first-order valence-corrected chi connectivity index (χ1v) is 5.20. The molecule has 0 radical (unpaired) electrons. The van der Waals surface area contributed by atoms with E-state index in [9.17, 15) is 4.79 Å². The van der Waals surface area contributed by atoms with Gasteiger partial charge in [0.2, 0.25) is 0 Å². The molecule has 2 rings (SSSR count). The zero-order chi connectivity index (χ0) is 10.1. The summed E-state index contributed by atoms with van der Waals surface area (Å²) in [5.74, 6) is 0.232. The maximum absolute atomic E-state index is 11.4. The van der Waals surface area contributed by atoms with Crippen molar-refractivity contribution in [3.05, 3.63) is 22.7 Å². The minimum absolute atomic E-state index is 0.158. The first-order valence-electron chi connectivity index (χ1n) is 4.29. The van der Waals surface area contributed by atoms with Crippen molar-refractivity contribution < 1.29 is 4.74 Å². The van der Waals surface area contributed by atoms with Crippen molar-refractivity contribution in [1.82, 2.24) is 9.55 Å². The molecule has 1 aliphatic rings. The lowest BCUT2D eigenvalue weighted by Gasteiger charge is -2.15. The average molecular weight is 260 g/mol. The summed E-state index contributed by atoms with van der Waals surface area (Å²) in [6, 6.07) is 1.59. The zero-order valence-electron chi connectivity index (χ0n) is 7.39. The van der Waals surface area contributed by atoms with Gasteiger partial charge in [-0.15, -0.1) is 0 Å². The van der Waals surface area contributed by atoms with Crippen LogP contribution in [0.2, 0.25) is 0 Å². The van der Waals surface area contributed by atoms with Crippen molar-refractivity contribution in [1.29, 1.82) is 0 Å². The third-order valence-corrected chi connectivity index (χ3v) is 3.03. The zero-order valence-corrected chi connectivity index (χ0v) is 8.98. The van der Waals surface area contributed by atoms with Gasteiger partial charge in [0.1, 0.15) is 5.82 Å². The lowest BCUT2D eigenvalue weighted by molar-refractivity contribution is 0.0560. The van der Waals surface area contributed by atoms with Gasteiger partial charge in [-0.25, -0.2) is 4.79 Å². The maximum atomic E-state index is 11.4. The third-order valence-electron chi connectivity index (χ3n) is 2.12. The second-order valence-electron chi connectivity index (χ2n) is 3.11. The van der Waals surface area contributed by atoms with Crippen LogP contribution in [0, 0.1) is 0 Å². The molecule has 1 fully saturated rings. The van der Waals surface area contributed by atoms with Crippen molar-refractivity contribution in [3.8, 4) is 0 Å². The highest BCUT2D eigenvalue weighted by molar-refractivity contribution is 9.09. The van der Waals surface area contributed by atoms with E-state index in [-0.39, 0.29) is 22.6 Å². The summed E-state index contributed by atoms with van der Waals surface area (Å²) in [7, 11) is 0. The third kappa shape index (κ3) is 1.67. The summed E-state index contributed by atoms with van der Waals surface area (Å²) in [5, 5.41) is 0. The van der Waals surface area contributed by atoms with Gasteiger partial charge < -0.3 is 10.5 Å². The van der Waals surface area contributed by atoms with E-state index >= 15 is 0 Å². The Morgan fingerprint density at radius 2 is 2.50 bits per heavy atom. The number of ether oxygens (including phenoxy) is 1. The molecular formula is C8H10BrN3O2. The lowest BCUT2D eigenvalue weighted by atomic mass is 10.3. The molecule has 2 heterocycles. The molecule has 76 valence electrons. The molecule has 0 amide bonds. The number of halogens is 1. The number of hydrogen-bond donors (Lipinski definition) is 1. The van der Waals surface area contributed by atoms with Gasteiger partial charge in [-0.05, 0) is 12.5 Å². The van der Waals surface area contributed by atoms with Gasteiger partial charge in [0, 0.05) is 6.20 Å². The molecule has 2 atom stereocenters. The SMILES string of the molecule is Nc1ccn(C2OCCC2Br)c(=O)n1. The van der Waals surface area contributed by atoms with Crippen LogP contribution in [0.3, 0.4) is 0 Å². The smallest absolute Gasteiger partial charge is 0.351 e. The fourth-order valence-electron chi connectivity index (χ4n) is 1.42. The van der Waals surface area contributed by atoms with Crippen LogP contribution in [0.4, 0.5) is 5.82 Å². The summed E-state index contributed by atoms with van der Waals surface area (Å²) >= 11 is 3.45. The molecule has 1 aromatic rings. The summed E-state index contributed by atoms with van der Waals surface area (Å²) in [6.07, 6.45) is 2.23. The second-order valence-corrected chi connectivity index (χ2v) is 4.28. The van der Waals surface area contributed by atoms with E-state index in [0.29, 0.717) is 6.61 Å². The lowest BCUT2D eigenvalue weighted by Crippen LogP contribution is -2.29. The summed E-state index contributed by atoms with van der Waals surface area (Å²) < 4.78 is 6.85. The topological polar surface area (TPSA) is 70.1 Å². The van der Waals surface area contributed by atoms with Gasteiger partial charge in [0.05, 0.1) is 11.4 Å². The molecule has 0 aromatic carbocycles. The van der Waals surface area contributed by atoms with Crippen LogP contribution in [-0.2, 0) is 4.74 Å². The number of aromatic nitrogens is 2. The molecular weight excluding hydrogens is 250 g/mol. The van der Waals surface area contributed by atoms with Crippen LogP contribution in [0.25, 0.3) is 0 Å². The number of nitrogen functional groups attached to an aromatic ring is 1. The van der Waals surface area contributed by atoms with Gasteiger partial charge in [-0.3, -0.25) is 4.57 Å². The molecule has 0 saturated carbocycles. The number of nitrogens with two attached hydrogens (primary N) is 1. The van der Waals surface area contributed by atoms with Gasteiger partial charge in [-0.2, -0.15) is 4.98 Å². The van der Waals surface area contributed by atoms with Gasteiger partial charge in [0.15, 0.2) is 6.23 Å². The maximum Gasteiger partial charge on any atom is 0.351 e. The van der Waals surface area contributed by atoms with E-state index in [1.165, 1.54) is 4.57 Å². The second kappa shape index (κ2) is 3.70. The monoisotopic (exact) mass is 259 g/mol. The van der Waals surface area contributed by atoms with Crippen LogP contribution in [-0.4, -0.2) is 21.0 Å². The number of alkyl halides is 1. The van der Waals surface area contributed by atoms with E-state index in [4.69, 9.17) is 10.5 Å². The molecule has 6 heteroatoms. The Morgan fingerprint density at radius 3 is 3.07 bits per heavy atom. The molecule has 2 unspecified atom stereocenters. The van der Waals surface area contributed by atoms with Crippen LogP contribution >= 0.6 is 15.9 Å². The fourth-order valence-corrected chi connectivity index (χ4v) is 2.02. The van der Waals surface area contributed by atoms with Crippen LogP contribution in [0.5, 0.6) is 0 Å². The predicted octanol–water partition coefficient (Wildman–Crippen LogP) is 0.508. The van der Waals surface area contributed by atoms with Crippen molar-refractivity contribution in [2.24, 2.45) is 0 Å². The van der Waals surface area contributed by atoms with Crippen molar-refractivity contribution >= 4 is 21.7 Å².